The number of hydrogen-bond donors (Lipinski definition) is 2. The number of amides is 1. The maximum atomic E-state index is 12.3. The number of nitrogens with zero attached hydrogens (tertiary/aromatic N) is 2. The summed E-state index contributed by atoms with van der Waals surface area (Å²) in [5, 5.41) is 13.5. The lowest BCUT2D eigenvalue weighted by Crippen LogP contribution is -3.11. The number of carbonyl (C=O) groups excluding carboxylic acids is 1. The predicted octanol–water partition coefficient (Wildman–Crippen LogP) is 1.29. The molecule has 0 bridgehead atoms. The molecule has 7 heteroatoms. The molecule has 1 unspecified atom stereocenters. The van der Waals surface area contributed by atoms with Crippen molar-refractivity contribution in [1.82, 2.24) is 4.57 Å². The Bertz CT molecular complexity index is 739. The van der Waals surface area contributed by atoms with Crippen molar-refractivity contribution < 1.29 is 14.6 Å². The molecular weight excluding hydrogens is 308 g/mol. The second-order valence-corrected chi connectivity index (χ2v) is 6.18. The Labute approximate surface area is 140 Å². The van der Waals surface area contributed by atoms with E-state index in [4.69, 9.17) is 0 Å². The van der Waals surface area contributed by atoms with Gasteiger partial charge in [-0.05, 0) is 24.3 Å². The molecule has 0 spiro atoms. The van der Waals surface area contributed by atoms with Gasteiger partial charge in [0.1, 0.15) is 6.04 Å². The summed E-state index contributed by atoms with van der Waals surface area (Å²) in [7, 11) is 2.03. The molecule has 1 aliphatic heterocycles. The van der Waals surface area contributed by atoms with Crippen LogP contribution in [0.15, 0.2) is 42.6 Å². The summed E-state index contributed by atoms with van der Waals surface area (Å²) in [6, 6.07) is 10.4. The molecule has 0 radical (unpaired) electrons. The van der Waals surface area contributed by atoms with E-state index >= 15 is 0 Å². The zero-order valence-electron chi connectivity index (χ0n) is 13.6. The minimum atomic E-state index is -0.454. The van der Waals surface area contributed by atoms with E-state index in [0.29, 0.717) is 18.3 Å². The van der Waals surface area contributed by atoms with Gasteiger partial charge in [-0.25, -0.2) is 0 Å². The summed E-state index contributed by atoms with van der Waals surface area (Å²) < 4.78 is 2.12. The number of carbonyl (C=O) groups is 1. The zero-order chi connectivity index (χ0) is 17.1. The second-order valence-electron chi connectivity index (χ2n) is 6.18. The molecule has 1 fully saturated rings. The van der Waals surface area contributed by atoms with Gasteiger partial charge in [-0.15, -0.1) is 0 Å². The van der Waals surface area contributed by atoms with Crippen LogP contribution >= 0.6 is 0 Å². The fourth-order valence-corrected chi connectivity index (χ4v) is 3.39. The average molecular weight is 329 g/mol. The highest BCUT2D eigenvalue weighted by Gasteiger charge is 2.32. The Hall–Kier alpha value is -2.67. The first-order valence-corrected chi connectivity index (χ1v) is 8.04. The minimum Gasteiger partial charge on any atom is -0.350 e. The summed E-state index contributed by atoms with van der Waals surface area (Å²) in [5.74, 6) is -0.0695. The van der Waals surface area contributed by atoms with Crippen LogP contribution in [0.5, 0.6) is 0 Å². The van der Waals surface area contributed by atoms with E-state index in [1.165, 1.54) is 22.7 Å². The molecular formula is C17H21N4O3+. The summed E-state index contributed by atoms with van der Waals surface area (Å²) in [6.45, 7) is 1.37. The first-order chi connectivity index (χ1) is 11.5. The molecule has 1 amide bonds. The van der Waals surface area contributed by atoms with E-state index in [-0.39, 0.29) is 11.6 Å². The van der Waals surface area contributed by atoms with E-state index in [1.807, 2.05) is 19.3 Å². The van der Waals surface area contributed by atoms with Crippen molar-refractivity contribution in [3.05, 3.63) is 58.4 Å². The molecule has 24 heavy (non-hydrogen) atoms. The highest BCUT2D eigenvalue weighted by molar-refractivity contribution is 5.91. The zero-order valence-corrected chi connectivity index (χ0v) is 13.6. The standard InChI is InChI=1S/C17H20N4O3/c1-19-10-2-4-15(19)16-5-3-11-20(16)12-17(22)18-13-6-8-14(9-7-13)21(23)24/h2,4,6-10,16H,3,5,11-12H2,1H3,(H,18,22)/p+1/t16-/m0/s1. The molecule has 2 atom stereocenters. The number of hydrogen-bond acceptors (Lipinski definition) is 3. The predicted molar refractivity (Wildman–Crippen MR) is 89.8 cm³/mol. The van der Waals surface area contributed by atoms with Gasteiger partial charge in [-0.3, -0.25) is 14.9 Å². The molecule has 2 heterocycles. The molecule has 0 saturated carbocycles. The molecule has 1 aromatic heterocycles. The molecule has 2 N–H and O–H groups in total. The number of nitro groups is 1. The third-order valence-electron chi connectivity index (χ3n) is 4.57. The number of aromatic nitrogens is 1. The summed E-state index contributed by atoms with van der Waals surface area (Å²) in [6.07, 6.45) is 4.22. The Balaban J connectivity index is 1.62. The normalized spacial score (nSPS) is 20.0. The van der Waals surface area contributed by atoms with Gasteiger partial charge in [0.15, 0.2) is 6.54 Å². The first kappa shape index (κ1) is 16.2. The molecule has 126 valence electrons. The number of non-ortho nitro benzene ring substituents is 1. The van der Waals surface area contributed by atoms with Gasteiger partial charge in [0.25, 0.3) is 11.6 Å². The van der Waals surface area contributed by atoms with Crippen LogP contribution in [-0.2, 0) is 11.8 Å². The van der Waals surface area contributed by atoms with E-state index < -0.39 is 4.92 Å². The lowest BCUT2D eigenvalue weighted by atomic mass is 10.1. The number of nitrogens with one attached hydrogen (secondary N) is 2. The van der Waals surface area contributed by atoms with Crippen molar-refractivity contribution in [3.8, 4) is 0 Å². The molecule has 0 aliphatic carbocycles. The van der Waals surface area contributed by atoms with Gasteiger partial charge in [0, 0.05) is 43.9 Å². The van der Waals surface area contributed by atoms with E-state index in [9.17, 15) is 14.9 Å². The Kier molecular flexibility index (Phi) is 4.61. The van der Waals surface area contributed by atoms with Crippen LogP contribution in [-0.4, -0.2) is 28.5 Å². The van der Waals surface area contributed by atoms with Crippen LogP contribution in [0.3, 0.4) is 0 Å². The van der Waals surface area contributed by atoms with Crippen LogP contribution in [0.25, 0.3) is 0 Å². The van der Waals surface area contributed by atoms with Crippen LogP contribution < -0.4 is 10.2 Å². The topological polar surface area (TPSA) is 81.6 Å². The minimum absolute atomic E-state index is 0.0157. The van der Waals surface area contributed by atoms with Gasteiger partial charge in [0.05, 0.1) is 17.2 Å². The van der Waals surface area contributed by atoms with Crippen LogP contribution in [0, 0.1) is 10.1 Å². The number of benzene rings is 1. The number of anilines is 1. The van der Waals surface area contributed by atoms with Gasteiger partial charge >= 0.3 is 0 Å². The number of likely N-dealkylation sites (tertiary alicyclic amines) is 1. The Morgan fingerprint density at radius 3 is 2.75 bits per heavy atom. The average Bonchev–Trinajstić information content (AvgIpc) is 3.16. The third-order valence-corrected chi connectivity index (χ3v) is 4.57. The van der Waals surface area contributed by atoms with E-state index in [0.717, 1.165) is 19.4 Å². The maximum absolute atomic E-state index is 12.3. The third kappa shape index (κ3) is 3.46. The highest BCUT2D eigenvalue weighted by Crippen LogP contribution is 2.19. The summed E-state index contributed by atoms with van der Waals surface area (Å²) in [4.78, 5) is 23.8. The summed E-state index contributed by atoms with van der Waals surface area (Å²) >= 11 is 0. The summed E-state index contributed by atoms with van der Waals surface area (Å²) in [5.41, 5.74) is 1.85. The number of quaternary nitrogens is 1. The van der Waals surface area contributed by atoms with Gasteiger partial charge in [-0.1, -0.05) is 0 Å². The second kappa shape index (κ2) is 6.84. The van der Waals surface area contributed by atoms with Crippen LogP contribution in [0.1, 0.15) is 24.6 Å². The van der Waals surface area contributed by atoms with Gasteiger partial charge < -0.3 is 14.8 Å². The quantitative estimate of drug-likeness (QED) is 0.641. The first-order valence-electron chi connectivity index (χ1n) is 8.04. The molecule has 3 rings (SSSR count). The fourth-order valence-electron chi connectivity index (χ4n) is 3.39. The van der Waals surface area contributed by atoms with Crippen LogP contribution in [0.4, 0.5) is 11.4 Å². The smallest absolute Gasteiger partial charge is 0.279 e. The lowest BCUT2D eigenvalue weighted by Gasteiger charge is -2.21. The molecule has 7 nitrogen and oxygen atoms in total. The fraction of sp³-hybridized carbons (Fsp3) is 0.353. The SMILES string of the molecule is Cn1cccc1[C@@H]1CCC[NH+]1CC(=O)Nc1ccc([N+](=O)[O-])cc1. The highest BCUT2D eigenvalue weighted by atomic mass is 16.6. The van der Waals surface area contributed by atoms with Gasteiger partial charge in [0.2, 0.25) is 0 Å². The van der Waals surface area contributed by atoms with Crippen molar-refractivity contribution >= 4 is 17.3 Å². The van der Waals surface area contributed by atoms with Crippen LogP contribution in [0.2, 0.25) is 0 Å². The van der Waals surface area contributed by atoms with Crippen molar-refractivity contribution in [1.29, 1.82) is 0 Å². The van der Waals surface area contributed by atoms with Crippen molar-refractivity contribution in [2.75, 3.05) is 18.4 Å². The maximum Gasteiger partial charge on any atom is 0.279 e. The number of rotatable bonds is 5. The van der Waals surface area contributed by atoms with Gasteiger partial charge in [-0.2, -0.15) is 0 Å². The molecule has 1 aliphatic rings. The monoisotopic (exact) mass is 329 g/mol. The van der Waals surface area contributed by atoms with E-state index in [1.54, 1.807) is 12.1 Å². The van der Waals surface area contributed by atoms with Crippen molar-refractivity contribution in [2.24, 2.45) is 7.05 Å². The van der Waals surface area contributed by atoms with E-state index in [2.05, 4.69) is 16.0 Å². The number of aryl methyl sites for hydroxylation is 1. The van der Waals surface area contributed by atoms with Crippen molar-refractivity contribution in [2.45, 2.75) is 18.9 Å². The largest absolute Gasteiger partial charge is 0.350 e. The number of nitro benzene ring substituents is 1. The molecule has 1 aromatic carbocycles. The Morgan fingerprint density at radius 2 is 2.12 bits per heavy atom. The Morgan fingerprint density at radius 1 is 1.38 bits per heavy atom. The lowest BCUT2D eigenvalue weighted by molar-refractivity contribution is -0.910. The molecule has 2 aromatic rings. The van der Waals surface area contributed by atoms with Crippen molar-refractivity contribution in [3.63, 3.8) is 0 Å². The molecule has 1 saturated heterocycles.